The summed E-state index contributed by atoms with van der Waals surface area (Å²) < 4.78 is 9.43. The first-order valence-corrected chi connectivity index (χ1v) is 17.4. The number of anilines is 3. The van der Waals surface area contributed by atoms with Crippen molar-refractivity contribution in [1.29, 1.82) is 0 Å². The number of fused-ring (bicyclic) bond motifs is 7. The van der Waals surface area contributed by atoms with E-state index < -0.39 is 0 Å². The van der Waals surface area contributed by atoms with Crippen molar-refractivity contribution in [3.05, 3.63) is 176 Å². The van der Waals surface area contributed by atoms with E-state index in [4.69, 9.17) is 4.42 Å². The first-order chi connectivity index (χ1) is 24.3. The molecule has 2 nitrogen and oxygen atoms in total. The fraction of sp³-hybridized carbons (Fsp3) is 0. The minimum Gasteiger partial charge on any atom is -0.454 e. The summed E-state index contributed by atoms with van der Waals surface area (Å²) in [6, 6.07) is 63.1. The van der Waals surface area contributed by atoms with Gasteiger partial charge in [0.15, 0.2) is 5.58 Å². The van der Waals surface area contributed by atoms with Crippen LogP contribution in [-0.4, -0.2) is 0 Å². The molecular weight excluding hydrogens is 615 g/mol. The molecule has 2 heterocycles. The fourth-order valence-electron chi connectivity index (χ4n) is 7.46. The Morgan fingerprint density at radius 3 is 1.80 bits per heavy atom. The van der Waals surface area contributed by atoms with Gasteiger partial charge < -0.3 is 9.32 Å². The van der Waals surface area contributed by atoms with Crippen molar-refractivity contribution in [3.63, 3.8) is 0 Å². The molecule has 0 atom stereocenters. The van der Waals surface area contributed by atoms with Crippen molar-refractivity contribution in [2.45, 2.75) is 0 Å². The Morgan fingerprint density at radius 1 is 0.408 bits per heavy atom. The maximum absolute atomic E-state index is 6.87. The van der Waals surface area contributed by atoms with Crippen LogP contribution in [-0.2, 0) is 0 Å². The summed E-state index contributed by atoms with van der Waals surface area (Å²) in [6.07, 6.45) is 0. The van der Waals surface area contributed by atoms with Gasteiger partial charge in [0, 0.05) is 42.0 Å². The highest BCUT2D eigenvalue weighted by Crippen LogP contribution is 2.49. The topological polar surface area (TPSA) is 16.4 Å². The van der Waals surface area contributed by atoms with Crippen molar-refractivity contribution >= 4 is 81.3 Å². The maximum atomic E-state index is 6.87. The van der Waals surface area contributed by atoms with Crippen molar-refractivity contribution in [2.24, 2.45) is 0 Å². The maximum Gasteiger partial charge on any atom is 0.160 e. The van der Waals surface area contributed by atoms with Crippen LogP contribution in [0.2, 0.25) is 0 Å². The molecule has 0 saturated carbocycles. The molecule has 0 unspecified atom stereocenters. The minimum absolute atomic E-state index is 0.871. The first kappa shape index (κ1) is 27.9. The Balaban J connectivity index is 1.29. The molecule has 0 bridgehead atoms. The lowest BCUT2D eigenvalue weighted by atomic mass is 9.95. The number of hydrogen-bond acceptors (Lipinski definition) is 3. The van der Waals surface area contributed by atoms with E-state index >= 15 is 0 Å². The van der Waals surface area contributed by atoms with Gasteiger partial charge in [-0.2, -0.15) is 0 Å². The number of hydrogen-bond donors (Lipinski definition) is 0. The Bertz CT molecular complexity index is 2830. The van der Waals surface area contributed by atoms with Crippen LogP contribution in [0.1, 0.15) is 0 Å². The predicted molar refractivity (Wildman–Crippen MR) is 210 cm³/mol. The van der Waals surface area contributed by atoms with Gasteiger partial charge in [0.2, 0.25) is 0 Å². The number of rotatable bonds is 5. The number of furan rings is 1. The smallest absolute Gasteiger partial charge is 0.160 e. The van der Waals surface area contributed by atoms with Crippen molar-refractivity contribution in [1.82, 2.24) is 0 Å². The van der Waals surface area contributed by atoms with E-state index in [0.29, 0.717) is 0 Å². The molecule has 49 heavy (non-hydrogen) atoms. The van der Waals surface area contributed by atoms with Crippen LogP contribution in [0.4, 0.5) is 17.1 Å². The summed E-state index contributed by atoms with van der Waals surface area (Å²) in [5.74, 6) is 0. The minimum atomic E-state index is 0.871. The highest BCUT2D eigenvalue weighted by atomic mass is 32.1. The van der Waals surface area contributed by atoms with E-state index in [9.17, 15) is 0 Å². The lowest BCUT2D eigenvalue weighted by molar-refractivity contribution is 0.669. The number of thiophene rings is 1. The molecule has 0 saturated heterocycles. The molecule has 230 valence electrons. The third kappa shape index (κ3) is 4.47. The molecule has 0 N–H and O–H groups in total. The van der Waals surface area contributed by atoms with E-state index in [1.54, 1.807) is 0 Å². The molecule has 0 aliphatic heterocycles. The molecule has 0 aliphatic carbocycles. The molecule has 0 radical (unpaired) electrons. The second-order valence-corrected chi connectivity index (χ2v) is 13.5. The van der Waals surface area contributed by atoms with Crippen LogP contribution in [0, 0.1) is 0 Å². The van der Waals surface area contributed by atoms with Gasteiger partial charge in [0.25, 0.3) is 0 Å². The summed E-state index contributed by atoms with van der Waals surface area (Å²) in [4.78, 5) is 2.40. The summed E-state index contributed by atoms with van der Waals surface area (Å²) in [5, 5.41) is 7.20. The van der Waals surface area contributed by atoms with E-state index in [1.807, 2.05) is 11.3 Å². The van der Waals surface area contributed by atoms with Gasteiger partial charge in [-0.3, -0.25) is 0 Å². The van der Waals surface area contributed by atoms with Crippen molar-refractivity contribution in [3.8, 4) is 22.3 Å². The zero-order valence-corrected chi connectivity index (χ0v) is 27.3. The van der Waals surface area contributed by atoms with Gasteiger partial charge in [-0.15, -0.1) is 11.3 Å². The summed E-state index contributed by atoms with van der Waals surface area (Å²) in [5.41, 5.74) is 9.69. The third-order valence-electron chi connectivity index (χ3n) is 9.68. The standard InChI is InChI=1S/C46H29NOS/c1-3-13-30(14-4-1)33-25-27-40(36-18-8-7-17-35(33)36)47(32-23-24-38-37-19-10-12-22-43(37)49-44(38)29-32)41-28-26-34(31-15-5-2-6-16-31)45-39-20-9-11-21-42(39)48-46(41)45/h1-29H. The van der Waals surface area contributed by atoms with Crippen LogP contribution in [0.25, 0.3) is 75.1 Å². The molecule has 10 aromatic rings. The predicted octanol–water partition coefficient (Wildman–Crippen LogP) is 13.9. The summed E-state index contributed by atoms with van der Waals surface area (Å²) in [7, 11) is 0. The molecule has 3 heteroatoms. The monoisotopic (exact) mass is 643 g/mol. The molecule has 0 amide bonds. The van der Waals surface area contributed by atoms with Crippen LogP contribution < -0.4 is 4.90 Å². The van der Waals surface area contributed by atoms with Gasteiger partial charge in [-0.1, -0.05) is 140 Å². The molecule has 0 aliphatic rings. The normalized spacial score (nSPS) is 11.7. The van der Waals surface area contributed by atoms with Crippen LogP contribution >= 0.6 is 11.3 Å². The quantitative estimate of drug-likeness (QED) is 0.186. The van der Waals surface area contributed by atoms with Gasteiger partial charge in [0.05, 0.1) is 11.4 Å². The molecular formula is C46H29NOS. The summed E-state index contributed by atoms with van der Waals surface area (Å²) >= 11 is 1.84. The summed E-state index contributed by atoms with van der Waals surface area (Å²) in [6.45, 7) is 0. The molecule has 2 aromatic heterocycles. The number of benzene rings is 8. The van der Waals surface area contributed by atoms with E-state index in [0.717, 1.165) is 44.6 Å². The number of para-hydroxylation sites is 1. The Kier molecular flexibility index (Phi) is 6.39. The average molecular weight is 644 g/mol. The Labute approximate surface area is 287 Å². The van der Waals surface area contributed by atoms with E-state index in [2.05, 4.69) is 181 Å². The molecule has 8 aromatic carbocycles. The highest BCUT2D eigenvalue weighted by Gasteiger charge is 2.24. The highest BCUT2D eigenvalue weighted by molar-refractivity contribution is 7.25. The first-order valence-electron chi connectivity index (χ1n) is 16.6. The Morgan fingerprint density at radius 2 is 1.00 bits per heavy atom. The molecule has 10 rings (SSSR count). The zero-order chi connectivity index (χ0) is 32.3. The van der Waals surface area contributed by atoms with E-state index in [1.165, 1.54) is 47.6 Å². The van der Waals surface area contributed by atoms with Gasteiger partial charge in [0.1, 0.15) is 5.58 Å². The largest absolute Gasteiger partial charge is 0.454 e. The van der Waals surface area contributed by atoms with Crippen molar-refractivity contribution in [2.75, 3.05) is 4.90 Å². The SMILES string of the molecule is c1ccc(-c2ccc(N(c3ccc4c(c3)sc3ccccc34)c3ccc(-c4ccccc4)c4c3oc3ccccc34)c3ccccc23)cc1. The van der Waals surface area contributed by atoms with Crippen LogP contribution in [0.15, 0.2) is 180 Å². The second-order valence-electron chi connectivity index (χ2n) is 12.5. The molecule has 0 fully saturated rings. The fourth-order valence-corrected chi connectivity index (χ4v) is 8.60. The lowest BCUT2D eigenvalue weighted by Crippen LogP contribution is -2.11. The Hall–Kier alpha value is -6.16. The zero-order valence-electron chi connectivity index (χ0n) is 26.5. The van der Waals surface area contributed by atoms with Crippen LogP contribution in [0.3, 0.4) is 0 Å². The average Bonchev–Trinajstić information content (AvgIpc) is 3.75. The molecule has 0 spiro atoms. The van der Waals surface area contributed by atoms with Gasteiger partial charge in [-0.25, -0.2) is 0 Å². The number of nitrogens with zero attached hydrogens (tertiary/aromatic N) is 1. The second kappa shape index (κ2) is 11.2. The van der Waals surface area contributed by atoms with Crippen molar-refractivity contribution < 1.29 is 4.42 Å². The van der Waals surface area contributed by atoms with E-state index in [-0.39, 0.29) is 0 Å². The van der Waals surface area contributed by atoms with Gasteiger partial charge >= 0.3 is 0 Å². The third-order valence-corrected chi connectivity index (χ3v) is 10.8. The van der Waals surface area contributed by atoms with Gasteiger partial charge in [-0.05, 0) is 64.0 Å². The lowest BCUT2D eigenvalue weighted by Gasteiger charge is -2.28. The van der Waals surface area contributed by atoms with Crippen LogP contribution in [0.5, 0.6) is 0 Å².